The van der Waals surface area contributed by atoms with E-state index < -0.39 is 43.1 Å². The lowest BCUT2D eigenvalue weighted by Crippen LogP contribution is -2.35. The summed E-state index contributed by atoms with van der Waals surface area (Å²) in [4.78, 5) is 47.7. The SMILES string of the molecule is CCC(=O)NCC(C)(C)SSCO[C@@H]1C[C@H](n2cc(C)c(=O)[nH]c2=O)OC1COP(=O)(O)C(C)N. The van der Waals surface area contributed by atoms with E-state index >= 15 is 0 Å². The molecule has 1 aliphatic heterocycles. The summed E-state index contributed by atoms with van der Waals surface area (Å²) in [7, 11) is -1.05. The second kappa shape index (κ2) is 12.9. The molecule has 2 rings (SSSR count). The van der Waals surface area contributed by atoms with E-state index in [1.165, 1.54) is 28.5 Å². The van der Waals surface area contributed by atoms with E-state index in [0.29, 0.717) is 18.5 Å². The van der Waals surface area contributed by atoms with Crippen molar-refractivity contribution in [2.75, 3.05) is 19.1 Å². The summed E-state index contributed by atoms with van der Waals surface area (Å²) in [5.74, 6) is -0.833. The van der Waals surface area contributed by atoms with Crippen LogP contribution in [0.5, 0.6) is 0 Å². The van der Waals surface area contributed by atoms with Gasteiger partial charge in [-0.25, -0.2) is 4.79 Å². The average Bonchev–Trinajstić information content (AvgIpc) is 3.19. The minimum atomic E-state index is -4.05. The molecule has 0 spiro atoms. The molecule has 1 aromatic heterocycles. The van der Waals surface area contributed by atoms with E-state index in [1.807, 2.05) is 13.8 Å². The predicted octanol–water partition coefficient (Wildman–Crippen LogP) is 1.67. The molecule has 1 amide bonds. The number of nitrogens with zero attached hydrogens (tertiary/aromatic N) is 1. The monoisotopic (exact) mass is 554 g/mol. The first kappa shape index (κ1) is 30.1. The number of hydrogen-bond acceptors (Lipinski definition) is 10. The van der Waals surface area contributed by atoms with E-state index in [-0.39, 0.29) is 29.6 Å². The van der Waals surface area contributed by atoms with Crippen LogP contribution >= 0.6 is 29.2 Å². The lowest BCUT2D eigenvalue weighted by Gasteiger charge is -2.24. The fraction of sp³-hybridized carbons (Fsp3) is 0.750. The number of aromatic amines is 1. The smallest absolute Gasteiger partial charge is 0.344 e. The maximum absolute atomic E-state index is 12.3. The zero-order valence-electron chi connectivity index (χ0n) is 20.5. The van der Waals surface area contributed by atoms with Gasteiger partial charge >= 0.3 is 13.3 Å². The molecular weight excluding hydrogens is 519 g/mol. The van der Waals surface area contributed by atoms with Gasteiger partial charge in [0.05, 0.1) is 12.7 Å². The standard InChI is InChI=1S/C20H35N4O8PS2/c1-6-16(25)22-10-20(4,5)35-34-11-30-14-7-17(24-8-12(2)18(26)23-19(24)27)32-15(14)9-31-33(28,29)13(3)21/h8,13-15,17H,6-7,9-11,21H2,1-5H3,(H,22,25)(H,28,29)(H,23,26,27)/t13?,14-,15?,17-/m1/s1. The number of carbonyl (C=O) groups excluding carboxylic acids is 1. The molecule has 35 heavy (non-hydrogen) atoms. The van der Waals surface area contributed by atoms with Crippen molar-refractivity contribution in [1.82, 2.24) is 14.9 Å². The highest BCUT2D eigenvalue weighted by Gasteiger charge is 2.40. The van der Waals surface area contributed by atoms with Crippen LogP contribution in [0.15, 0.2) is 15.8 Å². The van der Waals surface area contributed by atoms with E-state index in [1.54, 1.807) is 24.6 Å². The zero-order valence-corrected chi connectivity index (χ0v) is 23.0. The van der Waals surface area contributed by atoms with Crippen LogP contribution < -0.4 is 22.3 Å². The number of ether oxygens (including phenoxy) is 2. The van der Waals surface area contributed by atoms with Gasteiger partial charge in [0.15, 0.2) is 0 Å². The molecular formula is C20H35N4O8PS2. The maximum atomic E-state index is 12.3. The number of aromatic nitrogens is 2. The van der Waals surface area contributed by atoms with Gasteiger partial charge in [-0.15, -0.1) is 0 Å². The Bertz CT molecular complexity index is 1030. The van der Waals surface area contributed by atoms with Crippen molar-refractivity contribution in [3.05, 3.63) is 32.6 Å². The normalized spacial score (nSPS) is 23.1. The third-order valence-corrected chi connectivity index (χ3v) is 9.71. The summed E-state index contributed by atoms with van der Waals surface area (Å²) in [6, 6.07) is 0. The van der Waals surface area contributed by atoms with E-state index in [4.69, 9.17) is 19.7 Å². The maximum Gasteiger partial charge on any atom is 0.344 e. The third kappa shape index (κ3) is 9.04. The number of nitrogens with one attached hydrogen (secondary N) is 2. The molecule has 1 saturated heterocycles. The summed E-state index contributed by atoms with van der Waals surface area (Å²) in [5.41, 5.74) is 4.75. The molecule has 0 aromatic carbocycles. The molecule has 0 saturated carbocycles. The number of nitrogens with two attached hydrogens (primary N) is 1. The fourth-order valence-electron chi connectivity index (χ4n) is 3.06. The predicted molar refractivity (Wildman–Crippen MR) is 136 cm³/mol. The van der Waals surface area contributed by atoms with Crippen molar-refractivity contribution in [2.45, 2.75) is 76.4 Å². The second-order valence-corrected chi connectivity index (χ2v) is 14.0. The number of carbonyl (C=O) groups is 1. The first-order chi connectivity index (χ1) is 16.3. The number of H-pyrrole nitrogens is 1. The highest BCUT2D eigenvalue weighted by Crippen LogP contribution is 2.46. The van der Waals surface area contributed by atoms with Crippen LogP contribution in [0.2, 0.25) is 0 Å². The fourth-order valence-corrected chi connectivity index (χ4v) is 5.83. The molecule has 200 valence electrons. The minimum absolute atomic E-state index is 0.0161. The van der Waals surface area contributed by atoms with E-state index in [0.717, 1.165) is 0 Å². The van der Waals surface area contributed by atoms with Crippen LogP contribution in [-0.2, 0) is 23.4 Å². The van der Waals surface area contributed by atoms with Gasteiger partial charge in [0, 0.05) is 35.9 Å². The van der Waals surface area contributed by atoms with Gasteiger partial charge in [0.2, 0.25) is 5.91 Å². The first-order valence-corrected chi connectivity index (χ1v) is 15.1. The Morgan fingerprint density at radius 1 is 1.49 bits per heavy atom. The van der Waals surface area contributed by atoms with Crippen molar-refractivity contribution < 1.29 is 28.3 Å². The highest BCUT2D eigenvalue weighted by molar-refractivity contribution is 8.77. The molecule has 15 heteroatoms. The number of aryl methyl sites for hydroxylation is 1. The Morgan fingerprint density at radius 3 is 2.80 bits per heavy atom. The Labute approximate surface area is 212 Å². The Hall–Kier alpha value is -1.12. The van der Waals surface area contributed by atoms with Crippen LogP contribution in [0.3, 0.4) is 0 Å². The average molecular weight is 555 g/mol. The molecule has 2 heterocycles. The van der Waals surface area contributed by atoms with Gasteiger partial charge in [0.1, 0.15) is 24.1 Å². The van der Waals surface area contributed by atoms with Crippen molar-refractivity contribution in [1.29, 1.82) is 0 Å². The van der Waals surface area contributed by atoms with Crippen LogP contribution in [0.1, 0.15) is 52.3 Å². The van der Waals surface area contributed by atoms with Gasteiger partial charge in [-0.2, -0.15) is 0 Å². The van der Waals surface area contributed by atoms with Crippen LogP contribution in [0.4, 0.5) is 0 Å². The summed E-state index contributed by atoms with van der Waals surface area (Å²) in [5, 5.41) is 2.87. The number of hydrogen-bond donors (Lipinski definition) is 4. The Balaban J connectivity index is 2.04. The summed E-state index contributed by atoms with van der Waals surface area (Å²) in [6.45, 7) is 8.98. The molecule has 1 aliphatic rings. The van der Waals surface area contributed by atoms with Gasteiger partial charge < -0.3 is 29.9 Å². The van der Waals surface area contributed by atoms with E-state index in [9.17, 15) is 23.8 Å². The molecule has 12 nitrogen and oxygen atoms in total. The van der Waals surface area contributed by atoms with Gasteiger partial charge in [-0.1, -0.05) is 28.5 Å². The first-order valence-electron chi connectivity index (χ1n) is 11.1. The highest BCUT2D eigenvalue weighted by atomic mass is 33.1. The molecule has 0 bridgehead atoms. The van der Waals surface area contributed by atoms with Gasteiger partial charge in [0.25, 0.3) is 5.56 Å². The van der Waals surface area contributed by atoms with Gasteiger partial charge in [-0.3, -0.25) is 23.7 Å². The van der Waals surface area contributed by atoms with Gasteiger partial charge in [-0.05, 0) is 27.7 Å². The van der Waals surface area contributed by atoms with Crippen molar-refractivity contribution in [2.24, 2.45) is 5.73 Å². The number of amides is 1. The molecule has 5 atom stereocenters. The minimum Gasteiger partial charge on any atom is -0.364 e. The summed E-state index contributed by atoms with van der Waals surface area (Å²) in [6.07, 6.45) is 0.0229. The summed E-state index contributed by atoms with van der Waals surface area (Å²) < 4.78 is 30.3. The second-order valence-electron chi connectivity index (χ2n) is 8.86. The lowest BCUT2D eigenvalue weighted by atomic mass is 10.2. The molecule has 5 N–H and O–H groups in total. The van der Waals surface area contributed by atoms with Crippen LogP contribution in [-0.4, -0.2) is 62.2 Å². The van der Waals surface area contributed by atoms with Crippen molar-refractivity contribution in [3.63, 3.8) is 0 Å². The molecule has 3 unspecified atom stereocenters. The lowest BCUT2D eigenvalue weighted by molar-refractivity contribution is -0.120. The topological polar surface area (TPSA) is 175 Å². The molecule has 1 aromatic rings. The van der Waals surface area contributed by atoms with Crippen molar-refractivity contribution >= 4 is 35.1 Å². The Morgan fingerprint density at radius 2 is 2.17 bits per heavy atom. The third-order valence-electron chi connectivity index (χ3n) is 5.22. The zero-order chi connectivity index (χ0) is 26.4. The Kier molecular flexibility index (Phi) is 11.1. The summed E-state index contributed by atoms with van der Waals surface area (Å²) >= 11 is 0. The van der Waals surface area contributed by atoms with Crippen LogP contribution in [0, 0.1) is 6.92 Å². The quantitative estimate of drug-likeness (QED) is 0.121. The van der Waals surface area contributed by atoms with Crippen LogP contribution in [0.25, 0.3) is 0 Å². The molecule has 0 aliphatic carbocycles. The molecule has 0 radical (unpaired) electrons. The molecule has 1 fully saturated rings. The largest absolute Gasteiger partial charge is 0.364 e. The van der Waals surface area contributed by atoms with Crippen molar-refractivity contribution in [3.8, 4) is 0 Å². The number of rotatable bonds is 13. The van der Waals surface area contributed by atoms with E-state index in [2.05, 4.69) is 10.3 Å².